The molecule has 130 valence electrons. The van der Waals surface area contributed by atoms with E-state index < -0.39 is 5.60 Å². The van der Waals surface area contributed by atoms with Crippen LogP contribution >= 0.6 is 0 Å². The topological polar surface area (TPSA) is 88.7 Å². The summed E-state index contributed by atoms with van der Waals surface area (Å²) in [6, 6.07) is 6.03. The van der Waals surface area contributed by atoms with Gasteiger partial charge in [-0.3, -0.25) is 4.79 Å². The first-order chi connectivity index (χ1) is 11.3. The standard InChI is InChI=1S/C17H23N3O4/c1-17(2,3)24-16(22)19-12-6-11(7-12)18-10-4-5-14-13(8-10)20-15(21)9-23-14/h4-5,8,11-12,18H,6-7,9H2,1-3H3,(H,19,22)(H,20,21). The summed E-state index contributed by atoms with van der Waals surface area (Å²) in [5.41, 5.74) is 1.11. The normalized spacial score (nSPS) is 22.4. The Labute approximate surface area is 141 Å². The lowest BCUT2D eigenvalue weighted by Gasteiger charge is -2.37. The molecule has 2 aliphatic rings. The Balaban J connectivity index is 1.47. The van der Waals surface area contributed by atoms with Crippen molar-refractivity contribution in [2.45, 2.75) is 51.3 Å². The average molecular weight is 333 g/mol. The molecule has 1 aliphatic carbocycles. The van der Waals surface area contributed by atoms with Gasteiger partial charge in [0.05, 0.1) is 5.69 Å². The van der Waals surface area contributed by atoms with Gasteiger partial charge >= 0.3 is 6.09 Å². The molecule has 0 aromatic heterocycles. The van der Waals surface area contributed by atoms with Gasteiger partial charge in [0.25, 0.3) is 5.91 Å². The van der Waals surface area contributed by atoms with Crippen LogP contribution in [-0.4, -0.2) is 36.3 Å². The fraction of sp³-hybridized carbons (Fsp3) is 0.529. The van der Waals surface area contributed by atoms with Crippen LogP contribution in [0.1, 0.15) is 33.6 Å². The minimum atomic E-state index is -0.485. The van der Waals surface area contributed by atoms with Crippen LogP contribution in [-0.2, 0) is 9.53 Å². The van der Waals surface area contributed by atoms with Crippen molar-refractivity contribution >= 4 is 23.4 Å². The summed E-state index contributed by atoms with van der Waals surface area (Å²) in [4.78, 5) is 23.1. The first kappa shape index (κ1) is 16.4. The van der Waals surface area contributed by atoms with E-state index in [4.69, 9.17) is 9.47 Å². The maximum absolute atomic E-state index is 11.7. The van der Waals surface area contributed by atoms with Gasteiger partial charge in [0.15, 0.2) is 6.61 Å². The van der Waals surface area contributed by atoms with Gasteiger partial charge in [-0.2, -0.15) is 0 Å². The molecule has 0 saturated heterocycles. The van der Waals surface area contributed by atoms with Crippen molar-refractivity contribution in [1.29, 1.82) is 0 Å². The summed E-state index contributed by atoms with van der Waals surface area (Å²) in [6.07, 6.45) is 1.29. The molecule has 1 saturated carbocycles. The Morgan fingerprint density at radius 2 is 2.04 bits per heavy atom. The van der Waals surface area contributed by atoms with E-state index in [1.807, 2.05) is 39.0 Å². The van der Waals surface area contributed by atoms with Gasteiger partial charge in [0.2, 0.25) is 0 Å². The monoisotopic (exact) mass is 333 g/mol. The molecule has 3 N–H and O–H groups in total. The van der Waals surface area contributed by atoms with Gasteiger partial charge in [-0.25, -0.2) is 4.79 Å². The molecule has 0 bridgehead atoms. The summed E-state index contributed by atoms with van der Waals surface area (Å²) in [5.74, 6) is 0.531. The molecule has 1 aliphatic heterocycles. The Hall–Kier alpha value is -2.44. The van der Waals surface area contributed by atoms with Crippen LogP contribution in [0.25, 0.3) is 0 Å². The summed E-state index contributed by atoms with van der Waals surface area (Å²) in [6.45, 7) is 5.59. The first-order valence-corrected chi connectivity index (χ1v) is 8.11. The summed E-state index contributed by atoms with van der Waals surface area (Å²) >= 11 is 0. The highest BCUT2D eigenvalue weighted by Crippen LogP contribution is 2.32. The third kappa shape index (κ3) is 4.10. The molecule has 0 unspecified atom stereocenters. The molecular formula is C17H23N3O4. The minimum Gasteiger partial charge on any atom is -0.482 e. The van der Waals surface area contributed by atoms with Crippen molar-refractivity contribution in [2.75, 3.05) is 17.2 Å². The predicted octanol–water partition coefficient (Wildman–Crippen LogP) is 2.49. The number of alkyl carbamates (subject to hydrolysis) is 1. The second-order valence-corrected chi connectivity index (χ2v) is 7.20. The third-order valence-corrected chi connectivity index (χ3v) is 3.84. The third-order valence-electron chi connectivity index (χ3n) is 3.84. The first-order valence-electron chi connectivity index (χ1n) is 8.11. The Morgan fingerprint density at radius 3 is 2.75 bits per heavy atom. The molecule has 7 nitrogen and oxygen atoms in total. The summed E-state index contributed by atoms with van der Waals surface area (Å²) in [5, 5.41) is 9.05. The van der Waals surface area contributed by atoms with E-state index in [2.05, 4.69) is 16.0 Å². The van der Waals surface area contributed by atoms with Gasteiger partial charge in [0.1, 0.15) is 11.4 Å². The lowest BCUT2D eigenvalue weighted by atomic mass is 9.86. The van der Waals surface area contributed by atoms with Gasteiger partial charge in [-0.05, 0) is 51.8 Å². The molecule has 0 radical (unpaired) electrons. The highest BCUT2D eigenvalue weighted by molar-refractivity contribution is 5.96. The number of benzene rings is 1. The zero-order valence-corrected chi connectivity index (χ0v) is 14.1. The molecule has 3 rings (SSSR count). The van der Waals surface area contributed by atoms with Gasteiger partial charge in [0, 0.05) is 17.8 Å². The second-order valence-electron chi connectivity index (χ2n) is 7.20. The lowest BCUT2D eigenvalue weighted by Crippen LogP contribution is -2.50. The number of ether oxygens (including phenoxy) is 2. The van der Waals surface area contributed by atoms with Crippen LogP contribution in [0.5, 0.6) is 5.75 Å². The number of carbonyl (C=O) groups excluding carboxylic acids is 2. The highest BCUT2D eigenvalue weighted by Gasteiger charge is 2.31. The molecule has 0 spiro atoms. The highest BCUT2D eigenvalue weighted by atomic mass is 16.6. The summed E-state index contributed by atoms with van der Waals surface area (Å²) in [7, 11) is 0. The average Bonchev–Trinajstić information content (AvgIpc) is 2.42. The molecule has 1 aromatic carbocycles. The molecular weight excluding hydrogens is 310 g/mol. The molecule has 24 heavy (non-hydrogen) atoms. The number of nitrogens with one attached hydrogen (secondary N) is 3. The largest absolute Gasteiger partial charge is 0.482 e. The van der Waals surface area contributed by atoms with Crippen LogP contribution in [0.15, 0.2) is 18.2 Å². The van der Waals surface area contributed by atoms with E-state index in [1.165, 1.54) is 0 Å². The van der Waals surface area contributed by atoms with Crippen molar-refractivity contribution in [3.05, 3.63) is 18.2 Å². The van der Waals surface area contributed by atoms with Crippen LogP contribution in [0.4, 0.5) is 16.2 Å². The molecule has 7 heteroatoms. The number of rotatable bonds is 3. The quantitative estimate of drug-likeness (QED) is 0.791. The Kier molecular flexibility index (Phi) is 4.26. The zero-order valence-electron chi connectivity index (χ0n) is 14.1. The lowest BCUT2D eigenvalue weighted by molar-refractivity contribution is -0.118. The van der Waals surface area contributed by atoms with Crippen molar-refractivity contribution in [1.82, 2.24) is 5.32 Å². The van der Waals surface area contributed by atoms with Crippen LogP contribution in [0.3, 0.4) is 0 Å². The van der Waals surface area contributed by atoms with E-state index in [0.717, 1.165) is 18.5 Å². The van der Waals surface area contributed by atoms with Crippen molar-refractivity contribution < 1.29 is 19.1 Å². The molecule has 1 fully saturated rings. The summed E-state index contributed by atoms with van der Waals surface area (Å²) < 4.78 is 10.6. The maximum Gasteiger partial charge on any atom is 0.407 e. The van der Waals surface area contributed by atoms with E-state index >= 15 is 0 Å². The molecule has 2 amide bonds. The Bertz CT molecular complexity index is 648. The van der Waals surface area contributed by atoms with Gasteiger partial charge in [-0.1, -0.05) is 0 Å². The smallest absolute Gasteiger partial charge is 0.407 e. The predicted molar refractivity (Wildman–Crippen MR) is 90.4 cm³/mol. The fourth-order valence-electron chi connectivity index (χ4n) is 2.74. The van der Waals surface area contributed by atoms with E-state index in [1.54, 1.807) is 0 Å². The van der Waals surface area contributed by atoms with Crippen LogP contribution < -0.4 is 20.7 Å². The number of carbonyl (C=O) groups is 2. The molecule has 1 aromatic rings. The number of hydrogen-bond donors (Lipinski definition) is 3. The molecule has 1 heterocycles. The number of hydrogen-bond acceptors (Lipinski definition) is 5. The number of fused-ring (bicyclic) bond motifs is 1. The van der Waals surface area contributed by atoms with E-state index in [-0.39, 0.29) is 30.7 Å². The van der Waals surface area contributed by atoms with Gasteiger partial charge < -0.3 is 25.4 Å². The molecule has 0 atom stereocenters. The van der Waals surface area contributed by atoms with Gasteiger partial charge in [-0.15, -0.1) is 0 Å². The second kappa shape index (κ2) is 6.22. The van der Waals surface area contributed by atoms with E-state index in [0.29, 0.717) is 11.4 Å². The van der Waals surface area contributed by atoms with Crippen molar-refractivity contribution in [3.63, 3.8) is 0 Å². The maximum atomic E-state index is 11.7. The van der Waals surface area contributed by atoms with Crippen LogP contribution in [0.2, 0.25) is 0 Å². The van der Waals surface area contributed by atoms with Crippen molar-refractivity contribution in [2.24, 2.45) is 0 Å². The number of anilines is 2. The van der Waals surface area contributed by atoms with E-state index in [9.17, 15) is 9.59 Å². The number of amides is 2. The zero-order chi connectivity index (χ0) is 17.3. The Morgan fingerprint density at radius 1 is 1.29 bits per heavy atom. The SMILES string of the molecule is CC(C)(C)OC(=O)NC1CC(Nc2ccc3c(c2)NC(=O)CO3)C1. The fourth-order valence-corrected chi connectivity index (χ4v) is 2.74. The van der Waals surface area contributed by atoms with Crippen LogP contribution in [0, 0.1) is 0 Å². The van der Waals surface area contributed by atoms with Crippen molar-refractivity contribution in [3.8, 4) is 5.75 Å². The minimum absolute atomic E-state index is 0.0560.